The standard InChI is InChI=1S/C16H20FN3/c1-3-11-18-16-6-4-5-14(19-16)12-20(2)15-9-7-13(17)8-10-15/h4-10H,3,11-12H2,1-2H3,(H,18,19). The molecular weight excluding hydrogens is 253 g/mol. The molecule has 0 bridgehead atoms. The molecule has 0 aliphatic carbocycles. The normalized spacial score (nSPS) is 10.3. The highest BCUT2D eigenvalue weighted by Crippen LogP contribution is 2.16. The fourth-order valence-electron chi connectivity index (χ4n) is 1.95. The first-order valence-electron chi connectivity index (χ1n) is 6.85. The Hall–Kier alpha value is -2.10. The fraction of sp³-hybridized carbons (Fsp3) is 0.312. The topological polar surface area (TPSA) is 28.2 Å². The molecule has 3 nitrogen and oxygen atoms in total. The number of halogens is 1. The molecule has 0 atom stereocenters. The molecule has 0 unspecified atom stereocenters. The van der Waals surface area contributed by atoms with E-state index in [9.17, 15) is 4.39 Å². The largest absolute Gasteiger partial charge is 0.370 e. The van der Waals surface area contributed by atoms with Gasteiger partial charge in [0.05, 0.1) is 12.2 Å². The molecule has 106 valence electrons. The molecule has 0 aliphatic heterocycles. The Kier molecular flexibility index (Phi) is 4.93. The molecule has 0 saturated heterocycles. The van der Waals surface area contributed by atoms with Crippen LogP contribution in [0.2, 0.25) is 0 Å². The molecule has 0 aliphatic rings. The van der Waals surface area contributed by atoms with Gasteiger partial charge in [-0.3, -0.25) is 0 Å². The van der Waals surface area contributed by atoms with Gasteiger partial charge in [0.2, 0.25) is 0 Å². The van der Waals surface area contributed by atoms with Crippen molar-refractivity contribution in [3.8, 4) is 0 Å². The third-order valence-corrected chi connectivity index (χ3v) is 3.03. The summed E-state index contributed by atoms with van der Waals surface area (Å²) in [7, 11) is 1.97. The number of nitrogens with one attached hydrogen (secondary N) is 1. The first-order chi connectivity index (χ1) is 9.69. The van der Waals surface area contributed by atoms with E-state index in [2.05, 4.69) is 17.2 Å². The lowest BCUT2D eigenvalue weighted by Crippen LogP contribution is -2.17. The predicted octanol–water partition coefficient (Wildman–Crippen LogP) is 3.68. The van der Waals surface area contributed by atoms with E-state index in [1.54, 1.807) is 12.1 Å². The van der Waals surface area contributed by atoms with Crippen molar-refractivity contribution in [3.63, 3.8) is 0 Å². The van der Waals surface area contributed by atoms with Gasteiger partial charge < -0.3 is 10.2 Å². The van der Waals surface area contributed by atoms with Crippen LogP contribution in [0.5, 0.6) is 0 Å². The summed E-state index contributed by atoms with van der Waals surface area (Å²) in [6.45, 7) is 3.73. The van der Waals surface area contributed by atoms with E-state index < -0.39 is 0 Å². The summed E-state index contributed by atoms with van der Waals surface area (Å²) in [4.78, 5) is 6.61. The van der Waals surface area contributed by atoms with Gasteiger partial charge >= 0.3 is 0 Å². The van der Waals surface area contributed by atoms with Crippen LogP contribution in [0.3, 0.4) is 0 Å². The fourth-order valence-corrected chi connectivity index (χ4v) is 1.95. The van der Waals surface area contributed by atoms with Gasteiger partial charge in [-0.2, -0.15) is 0 Å². The van der Waals surface area contributed by atoms with Crippen molar-refractivity contribution >= 4 is 11.5 Å². The molecule has 0 fully saturated rings. The number of aromatic nitrogens is 1. The van der Waals surface area contributed by atoms with Gasteiger partial charge in [0.15, 0.2) is 0 Å². The van der Waals surface area contributed by atoms with E-state index in [0.717, 1.165) is 30.2 Å². The Bertz CT molecular complexity index is 540. The van der Waals surface area contributed by atoms with Crippen LogP contribution < -0.4 is 10.2 Å². The van der Waals surface area contributed by atoms with Gasteiger partial charge in [-0.1, -0.05) is 13.0 Å². The van der Waals surface area contributed by atoms with Crippen LogP contribution in [-0.2, 0) is 6.54 Å². The summed E-state index contributed by atoms with van der Waals surface area (Å²) in [5.41, 5.74) is 1.96. The predicted molar refractivity (Wildman–Crippen MR) is 81.5 cm³/mol. The molecule has 1 aromatic carbocycles. The summed E-state index contributed by atoms with van der Waals surface area (Å²) in [5.74, 6) is 0.683. The third kappa shape index (κ3) is 3.95. The Morgan fingerprint density at radius 1 is 1.15 bits per heavy atom. The van der Waals surface area contributed by atoms with Gasteiger partial charge in [0, 0.05) is 19.3 Å². The zero-order valence-electron chi connectivity index (χ0n) is 11.9. The van der Waals surface area contributed by atoms with Crippen LogP contribution in [-0.4, -0.2) is 18.6 Å². The van der Waals surface area contributed by atoms with Crippen LogP contribution in [0.15, 0.2) is 42.5 Å². The van der Waals surface area contributed by atoms with Crippen molar-refractivity contribution in [2.45, 2.75) is 19.9 Å². The highest BCUT2D eigenvalue weighted by atomic mass is 19.1. The maximum atomic E-state index is 12.9. The minimum absolute atomic E-state index is 0.217. The molecule has 0 spiro atoms. The number of anilines is 2. The lowest BCUT2D eigenvalue weighted by Gasteiger charge is -2.19. The van der Waals surface area contributed by atoms with Crippen molar-refractivity contribution in [2.24, 2.45) is 0 Å². The van der Waals surface area contributed by atoms with E-state index >= 15 is 0 Å². The summed E-state index contributed by atoms with van der Waals surface area (Å²) in [6.07, 6.45) is 1.07. The van der Waals surface area contributed by atoms with Crippen molar-refractivity contribution in [1.29, 1.82) is 0 Å². The number of pyridine rings is 1. The lowest BCUT2D eigenvalue weighted by atomic mass is 10.2. The van der Waals surface area contributed by atoms with E-state index in [0.29, 0.717) is 6.54 Å². The second-order valence-corrected chi connectivity index (χ2v) is 4.77. The third-order valence-electron chi connectivity index (χ3n) is 3.03. The van der Waals surface area contributed by atoms with Crippen LogP contribution in [0.1, 0.15) is 19.0 Å². The van der Waals surface area contributed by atoms with Gasteiger partial charge in [-0.15, -0.1) is 0 Å². The van der Waals surface area contributed by atoms with E-state index in [4.69, 9.17) is 0 Å². The summed E-state index contributed by atoms with van der Waals surface area (Å²) < 4.78 is 12.9. The zero-order chi connectivity index (χ0) is 14.4. The highest BCUT2D eigenvalue weighted by Gasteiger charge is 2.04. The number of nitrogens with zero attached hydrogens (tertiary/aromatic N) is 2. The molecule has 1 aromatic heterocycles. The Morgan fingerprint density at radius 3 is 2.60 bits per heavy atom. The smallest absolute Gasteiger partial charge is 0.126 e. The average molecular weight is 273 g/mol. The molecule has 20 heavy (non-hydrogen) atoms. The van der Waals surface area contributed by atoms with Crippen molar-refractivity contribution < 1.29 is 4.39 Å². The van der Waals surface area contributed by atoms with Gasteiger partial charge in [0.1, 0.15) is 11.6 Å². The summed E-state index contributed by atoms with van der Waals surface area (Å²) in [6, 6.07) is 12.5. The zero-order valence-corrected chi connectivity index (χ0v) is 11.9. The highest BCUT2D eigenvalue weighted by molar-refractivity contribution is 5.46. The number of rotatable bonds is 6. The molecule has 4 heteroatoms. The molecule has 2 aromatic rings. The molecule has 2 rings (SSSR count). The average Bonchev–Trinajstić information content (AvgIpc) is 2.46. The molecule has 0 radical (unpaired) electrons. The van der Waals surface area contributed by atoms with Gasteiger partial charge in [-0.05, 0) is 42.8 Å². The summed E-state index contributed by atoms with van der Waals surface area (Å²) in [5, 5.41) is 3.28. The Balaban J connectivity index is 2.03. The first kappa shape index (κ1) is 14.3. The summed E-state index contributed by atoms with van der Waals surface area (Å²) >= 11 is 0. The minimum atomic E-state index is -0.217. The van der Waals surface area contributed by atoms with Crippen LogP contribution in [0.4, 0.5) is 15.9 Å². The quantitative estimate of drug-likeness (QED) is 0.870. The van der Waals surface area contributed by atoms with Crippen LogP contribution >= 0.6 is 0 Å². The Labute approximate surface area is 119 Å². The van der Waals surface area contributed by atoms with Crippen LogP contribution in [0, 0.1) is 5.82 Å². The van der Waals surface area contributed by atoms with Crippen molar-refractivity contribution in [2.75, 3.05) is 23.8 Å². The SMILES string of the molecule is CCCNc1cccc(CN(C)c2ccc(F)cc2)n1. The number of hydrogen-bond donors (Lipinski definition) is 1. The van der Waals surface area contributed by atoms with E-state index in [1.165, 1.54) is 12.1 Å². The maximum Gasteiger partial charge on any atom is 0.126 e. The monoisotopic (exact) mass is 273 g/mol. The second-order valence-electron chi connectivity index (χ2n) is 4.77. The second kappa shape index (κ2) is 6.89. The number of hydrogen-bond acceptors (Lipinski definition) is 3. The number of benzene rings is 1. The van der Waals surface area contributed by atoms with E-state index in [1.807, 2.05) is 30.1 Å². The first-order valence-corrected chi connectivity index (χ1v) is 6.85. The van der Waals surface area contributed by atoms with Gasteiger partial charge in [-0.25, -0.2) is 9.37 Å². The maximum absolute atomic E-state index is 12.9. The minimum Gasteiger partial charge on any atom is -0.370 e. The van der Waals surface area contributed by atoms with Crippen molar-refractivity contribution in [1.82, 2.24) is 4.98 Å². The lowest BCUT2D eigenvalue weighted by molar-refractivity contribution is 0.627. The van der Waals surface area contributed by atoms with Crippen molar-refractivity contribution in [3.05, 3.63) is 54.0 Å². The molecule has 0 saturated carbocycles. The molecular formula is C16H20FN3. The van der Waals surface area contributed by atoms with Gasteiger partial charge in [0.25, 0.3) is 0 Å². The van der Waals surface area contributed by atoms with E-state index in [-0.39, 0.29) is 5.82 Å². The molecule has 0 amide bonds. The van der Waals surface area contributed by atoms with Crippen LogP contribution in [0.25, 0.3) is 0 Å². The molecule has 1 N–H and O–H groups in total. The Morgan fingerprint density at radius 2 is 1.90 bits per heavy atom. The molecule has 1 heterocycles.